The molecule has 0 fully saturated rings. The summed E-state index contributed by atoms with van der Waals surface area (Å²) in [6.45, 7) is 0. The molecule has 1 aromatic rings. The highest BCUT2D eigenvalue weighted by Crippen LogP contribution is 2.16. The minimum Gasteiger partial charge on any atom is -0.399 e. The van der Waals surface area contributed by atoms with Crippen LogP contribution in [0.5, 0.6) is 0 Å². The third kappa shape index (κ3) is 1.33. The summed E-state index contributed by atoms with van der Waals surface area (Å²) in [5.74, 6) is 0.00986. The van der Waals surface area contributed by atoms with Crippen molar-refractivity contribution in [2.75, 3.05) is 7.11 Å². The predicted octanol–water partition coefficient (Wildman–Crippen LogP) is 1.79. The van der Waals surface area contributed by atoms with Crippen molar-refractivity contribution in [3.05, 3.63) is 47.5 Å². The molecule has 0 aromatic heterocycles. The fourth-order valence-corrected chi connectivity index (χ4v) is 1.43. The Bertz CT molecular complexity index is 433. The van der Waals surface area contributed by atoms with E-state index in [-0.39, 0.29) is 5.78 Å². The number of ketones is 1. The summed E-state index contributed by atoms with van der Waals surface area (Å²) in [5.41, 5.74) is 2.18. The third-order valence-corrected chi connectivity index (χ3v) is 2.05. The highest BCUT2D eigenvalue weighted by molar-refractivity contribution is 6.23. The first-order valence-corrected chi connectivity index (χ1v) is 4.26. The van der Waals surface area contributed by atoms with Gasteiger partial charge in [0.05, 0.1) is 0 Å². The van der Waals surface area contributed by atoms with E-state index in [2.05, 4.69) is 5.16 Å². The molecule has 3 heteroatoms. The van der Waals surface area contributed by atoms with Crippen molar-refractivity contribution in [3.8, 4) is 0 Å². The molecule has 0 spiro atoms. The Balaban J connectivity index is 2.58. The number of carbonyl (C=O) groups is 1. The molecule has 3 nitrogen and oxygen atoms in total. The monoisotopic (exact) mass is 187 g/mol. The normalized spacial score (nSPS) is 16.9. The summed E-state index contributed by atoms with van der Waals surface area (Å²) in [4.78, 5) is 16.2. The van der Waals surface area contributed by atoms with Gasteiger partial charge in [0.25, 0.3) is 0 Å². The molecule has 2 rings (SSSR count). The number of benzene rings is 1. The van der Waals surface area contributed by atoms with Crippen LogP contribution in [0.15, 0.2) is 41.6 Å². The summed E-state index contributed by atoms with van der Waals surface area (Å²) >= 11 is 0. The SMILES string of the molecule is CO/N=C1\C=CC(=O)c2ccccc21. The van der Waals surface area contributed by atoms with Gasteiger partial charge in [0, 0.05) is 11.1 Å². The molecule has 14 heavy (non-hydrogen) atoms. The lowest BCUT2D eigenvalue weighted by Gasteiger charge is -2.10. The van der Waals surface area contributed by atoms with Crippen LogP contribution in [-0.2, 0) is 4.84 Å². The maximum absolute atomic E-state index is 11.5. The Hall–Kier alpha value is -1.90. The van der Waals surface area contributed by atoms with Crippen LogP contribution in [0.3, 0.4) is 0 Å². The first-order chi connectivity index (χ1) is 6.83. The lowest BCUT2D eigenvalue weighted by atomic mass is 9.95. The highest BCUT2D eigenvalue weighted by atomic mass is 16.6. The molecule has 0 saturated carbocycles. The van der Waals surface area contributed by atoms with Crippen LogP contribution in [-0.4, -0.2) is 18.6 Å². The van der Waals surface area contributed by atoms with Gasteiger partial charge in [-0.3, -0.25) is 4.79 Å². The Morgan fingerprint density at radius 2 is 1.86 bits per heavy atom. The van der Waals surface area contributed by atoms with Crippen LogP contribution >= 0.6 is 0 Å². The van der Waals surface area contributed by atoms with Crippen molar-refractivity contribution in [3.63, 3.8) is 0 Å². The van der Waals surface area contributed by atoms with Crippen LogP contribution in [0.4, 0.5) is 0 Å². The Morgan fingerprint density at radius 3 is 2.57 bits per heavy atom. The van der Waals surface area contributed by atoms with E-state index in [0.29, 0.717) is 11.3 Å². The van der Waals surface area contributed by atoms with Crippen LogP contribution < -0.4 is 0 Å². The topological polar surface area (TPSA) is 38.7 Å². The quantitative estimate of drug-likeness (QED) is 0.628. The van der Waals surface area contributed by atoms with Crippen LogP contribution in [0, 0.1) is 0 Å². The van der Waals surface area contributed by atoms with Crippen molar-refractivity contribution >= 4 is 11.5 Å². The molecular formula is C11H9NO2. The van der Waals surface area contributed by atoms with E-state index in [1.807, 2.05) is 18.2 Å². The second kappa shape index (κ2) is 3.46. The highest BCUT2D eigenvalue weighted by Gasteiger charge is 2.16. The fraction of sp³-hybridized carbons (Fsp3) is 0.0909. The number of hydrogen-bond donors (Lipinski definition) is 0. The van der Waals surface area contributed by atoms with Gasteiger partial charge in [-0.25, -0.2) is 0 Å². The van der Waals surface area contributed by atoms with Gasteiger partial charge in [-0.05, 0) is 12.2 Å². The second-order valence-corrected chi connectivity index (χ2v) is 2.90. The van der Waals surface area contributed by atoms with E-state index in [1.54, 1.807) is 12.1 Å². The van der Waals surface area contributed by atoms with Gasteiger partial charge in [0.2, 0.25) is 0 Å². The Kier molecular flexibility index (Phi) is 2.14. The summed E-state index contributed by atoms with van der Waals surface area (Å²) < 4.78 is 0. The molecule has 0 atom stereocenters. The number of fused-ring (bicyclic) bond motifs is 1. The Morgan fingerprint density at radius 1 is 1.14 bits per heavy atom. The molecule has 0 unspecified atom stereocenters. The fourth-order valence-electron chi connectivity index (χ4n) is 1.43. The molecule has 0 saturated heterocycles. The van der Waals surface area contributed by atoms with Crippen LogP contribution in [0.25, 0.3) is 0 Å². The number of nitrogens with zero attached hydrogens (tertiary/aromatic N) is 1. The van der Waals surface area contributed by atoms with Crippen molar-refractivity contribution < 1.29 is 9.63 Å². The van der Waals surface area contributed by atoms with Crippen molar-refractivity contribution in [1.82, 2.24) is 0 Å². The average molecular weight is 187 g/mol. The Labute approximate surface area is 81.7 Å². The molecule has 1 aromatic carbocycles. The van der Waals surface area contributed by atoms with Gasteiger partial charge >= 0.3 is 0 Å². The molecule has 70 valence electrons. The standard InChI is InChI=1S/C11H9NO2/c1-14-12-10-6-7-11(13)9-5-3-2-4-8(9)10/h2-7H,1H3/b12-10+. The first kappa shape index (κ1) is 8.69. The molecule has 0 bridgehead atoms. The minimum atomic E-state index is 0.00986. The van der Waals surface area contributed by atoms with Crippen LogP contribution in [0.1, 0.15) is 15.9 Å². The number of rotatable bonds is 1. The van der Waals surface area contributed by atoms with Crippen molar-refractivity contribution in [2.45, 2.75) is 0 Å². The van der Waals surface area contributed by atoms with Gasteiger partial charge in [-0.2, -0.15) is 0 Å². The lowest BCUT2D eigenvalue weighted by Crippen LogP contribution is -2.12. The minimum absolute atomic E-state index is 0.00986. The van der Waals surface area contributed by atoms with E-state index < -0.39 is 0 Å². The zero-order valence-corrected chi connectivity index (χ0v) is 7.73. The van der Waals surface area contributed by atoms with E-state index in [0.717, 1.165) is 5.56 Å². The third-order valence-electron chi connectivity index (χ3n) is 2.05. The van der Waals surface area contributed by atoms with E-state index in [4.69, 9.17) is 4.84 Å². The second-order valence-electron chi connectivity index (χ2n) is 2.90. The van der Waals surface area contributed by atoms with E-state index in [1.165, 1.54) is 13.2 Å². The summed E-state index contributed by atoms with van der Waals surface area (Å²) in [7, 11) is 1.49. The molecular weight excluding hydrogens is 178 g/mol. The molecule has 0 heterocycles. The lowest BCUT2D eigenvalue weighted by molar-refractivity contribution is 0.104. The molecule has 0 amide bonds. The van der Waals surface area contributed by atoms with Gasteiger partial charge in [0.15, 0.2) is 5.78 Å². The van der Waals surface area contributed by atoms with Gasteiger partial charge < -0.3 is 4.84 Å². The molecule has 1 aliphatic rings. The van der Waals surface area contributed by atoms with Crippen LogP contribution in [0.2, 0.25) is 0 Å². The van der Waals surface area contributed by atoms with Gasteiger partial charge in [0.1, 0.15) is 12.8 Å². The predicted molar refractivity (Wildman–Crippen MR) is 53.5 cm³/mol. The molecule has 0 N–H and O–H groups in total. The largest absolute Gasteiger partial charge is 0.399 e. The maximum atomic E-state index is 11.5. The van der Waals surface area contributed by atoms with Gasteiger partial charge in [-0.1, -0.05) is 29.4 Å². The summed E-state index contributed by atoms with van der Waals surface area (Å²) in [6, 6.07) is 7.34. The first-order valence-electron chi connectivity index (χ1n) is 4.26. The smallest absolute Gasteiger partial charge is 0.186 e. The average Bonchev–Trinajstić information content (AvgIpc) is 2.23. The molecule has 1 aliphatic carbocycles. The molecule has 0 radical (unpaired) electrons. The van der Waals surface area contributed by atoms with E-state index in [9.17, 15) is 4.79 Å². The zero-order chi connectivity index (χ0) is 9.97. The number of carbonyl (C=O) groups excluding carboxylic acids is 1. The van der Waals surface area contributed by atoms with Crippen molar-refractivity contribution in [2.24, 2.45) is 5.16 Å². The number of allylic oxidation sites excluding steroid dienone is 2. The number of oxime groups is 1. The summed E-state index contributed by atoms with van der Waals surface area (Å²) in [5, 5.41) is 3.84. The van der Waals surface area contributed by atoms with Crippen molar-refractivity contribution in [1.29, 1.82) is 0 Å². The number of hydrogen-bond acceptors (Lipinski definition) is 3. The van der Waals surface area contributed by atoms with E-state index >= 15 is 0 Å². The summed E-state index contributed by atoms with van der Waals surface area (Å²) in [6.07, 6.45) is 3.16. The zero-order valence-electron chi connectivity index (χ0n) is 7.73. The van der Waals surface area contributed by atoms with Gasteiger partial charge in [-0.15, -0.1) is 0 Å². The maximum Gasteiger partial charge on any atom is 0.186 e. The molecule has 0 aliphatic heterocycles.